The lowest BCUT2D eigenvalue weighted by atomic mass is 9.42. The number of fused-ring (bicyclic) bond motifs is 5. The van der Waals surface area contributed by atoms with Gasteiger partial charge in [-0.2, -0.15) is 0 Å². The molecule has 166 valence electrons. The summed E-state index contributed by atoms with van der Waals surface area (Å²) in [5.74, 6) is 0.348. The van der Waals surface area contributed by atoms with E-state index in [9.17, 15) is 20.1 Å². The van der Waals surface area contributed by atoms with Gasteiger partial charge < -0.3 is 20.4 Å². The summed E-state index contributed by atoms with van der Waals surface area (Å²) in [5, 5.41) is 42.7. The van der Waals surface area contributed by atoms with Crippen LogP contribution in [-0.2, 0) is 4.79 Å². The third kappa shape index (κ3) is 3.10. The van der Waals surface area contributed by atoms with Crippen molar-refractivity contribution in [1.82, 2.24) is 0 Å². The van der Waals surface area contributed by atoms with Gasteiger partial charge in [0.05, 0.1) is 17.8 Å². The van der Waals surface area contributed by atoms with Gasteiger partial charge in [0.25, 0.3) is 0 Å². The fourth-order valence-corrected chi connectivity index (χ4v) is 8.70. The molecule has 0 unspecified atom stereocenters. The first-order valence-electron chi connectivity index (χ1n) is 11.8. The first-order valence-corrected chi connectivity index (χ1v) is 11.8. The van der Waals surface area contributed by atoms with Gasteiger partial charge in [0, 0.05) is 12.3 Å². The van der Waals surface area contributed by atoms with E-state index in [-0.39, 0.29) is 35.2 Å². The van der Waals surface area contributed by atoms with Crippen LogP contribution in [0.1, 0.15) is 85.0 Å². The average molecular weight is 409 g/mol. The van der Waals surface area contributed by atoms with Crippen LogP contribution >= 0.6 is 0 Å². The van der Waals surface area contributed by atoms with Crippen molar-refractivity contribution in [2.45, 2.75) is 103 Å². The van der Waals surface area contributed by atoms with Gasteiger partial charge in [-0.3, -0.25) is 4.79 Å². The van der Waals surface area contributed by atoms with Gasteiger partial charge in [-0.15, -0.1) is 0 Å². The first-order chi connectivity index (χ1) is 13.5. The smallest absolute Gasteiger partial charge is 0.303 e. The van der Waals surface area contributed by atoms with E-state index in [1.54, 1.807) is 0 Å². The van der Waals surface area contributed by atoms with E-state index in [1.165, 1.54) is 0 Å². The average Bonchev–Trinajstić information content (AvgIpc) is 2.92. The highest BCUT2D eigenvalue weighted by Crippen LogP contribution is 2.69. The molecule has 5 nitrogen and oxygen atoms in total. The van der Waals surface area contributed by atoms with E-state index in [4.69, 9.17) is 5.11 Å². The molecular formula is C24H40O5. The van der Waals surface area contributed by atoms with E-state index >= 15 is 0 Å². The summed E-state index contributed by atoms with van der Waals surface area (Å²) in [6.45, 7) is 6.71. The second kappa shape index (κ2) is 7.20. The monoisotopic (exact) mass is 408 g/mol. The number of rotatable bonds is 4. The zero-order valence-electron chi connectivity index (χ0n) is 18.3. The van der Waals surface area contributed by atoms with Crippen molar-refractivity contribution in [3.8, 4) is 0 Å². The molecule has 5 heteroatoms. The number of hydrogen-bond acceptors (Lipinski definition) is 4. The molecule has 4 saturated carbocycles. The lowest BCUT2D eigenvalue weighted by Crippen LogP contribution is -2.66. The van der Waals surface area contributed by atoms with Gasteiger partial charge in [0.1, 0.15) is 0 Å². The normalized spacial score (nSPS) is 52.9. The Morgan fingerprint density at radius 1 is 1.07 bits per heavy atom. The number of aliphatic hydroxyl groups excluding tert-OH is 2. The molecule has 4 aliphatic rings. The molecule has 0 aromatic heterocycles. The maximum atomic E-state index is 12.2. The Kier molecular flexibility index (Phi) is 5.36. The molecule has 0 heterocycles. The molecule has 29 heavy (non-hydrogen) atoms. The molecule has 0 saturated heterocycles. The van der Waals surface area contributed by atoms with Crippen molar-refractivity contribution < 1.29 is 25.2 Å². The third-order valence-corrected chi connectivity index (χ3v) is 10.4. The molecule has 0 aromatic carbocycles. The van der Waals surface area contributed by atoms with Crippen LogP contribution in [0.25, 0.3) is 0 Å². The van der Waals surface area contributed by atoms with Gasteiger partial charge >= 0.3 is 5.97 Å². The SMILES string of the molecule is C[C@H](CCC(=O)O)[C@H]1CC[C@@]2(O)[C@@H]3[C@H](O)C[C@@H]4C[C@H](O)CC[C@]4(C)[C@H]3CC[C@]12C. The fourth-order valence-electron chi connectivity index (χ4n) is 8.70. The molecule has 0 bridgehead atoms. The molecule has 0 radical (unpaired) electrons. The van der Waals surface area contributed by atoms with Crippen molar-refractivity contribution in [2.75, 3.05) is 0 Å². The Morgan fingerprint density at radius 3 is 2.48 bits per heavy atom. The van der Waals surface area contributed by atoms with Crippen molar-refractivity contribution in [1.29, 1.82) is 0 Å². The summed E-state index contributed by atoms with van der Waals surface area (Å²) in [5.41, 5.74) is -1.04. The minimum atomic E-state index is -0.873. The maximum Gasteiger partial charge on any atom is 0.303 e. The van der Waals surface area contributed by atoms with Gasteiger partial charge in [-0.05, 0) is 92.3 Å². The number of aliphatic carboxylic acids is 1. The summed E-state index contributed by atoms with van der Waals surface area (Å²) in [4.78, 5) is 11.1. The fraction of sp³-hybridized carbons (Fsp3) is 0.958. The lowest BCUT2D eigenvalue weighted by molar-refractivity contribution is -0.244. The number of hydrogen-bond donors (Lipinski definition) is 4. The zero-order chi connectivity index (χ0) is 21.2. The molecule has 4 fully saturated rings. The number of aliphatic hydroxyl groups is 3. The number of carboxylic acid groups (broad SMARTS) is 1. The van der Waals surface area contributed by atoms with Crippen LogP contribution in [-0.4, -0.2) is 44.2 Å². The molecule has 0 amide bonds. The molecule has 4 rings (SSSR count). The highest BCUT2D eigenvalue weighted by atomic mass is 16.4. The van der Waals surface area contributed by atoms with E-state index in [2.05, 4.69) is 20.8 Å². The number of carboxylic acids is 1. The van der Waals surface area contributed by atoms with Crippen LogP contribution in [0.3, 0.4) is 0 Å². The minimum absolute atomic E-state index is 0.0905. The van der Waals surface area contributed by atoms with Crippen molar-refractivity contribution >= 4 is 5.97 Å². The first kappa shape index (κ1) is 21.6. The summed E-state index contributed by atoms with van der Waals surface area (Å²) < 4.78 is 0. The van der Waals surface area contributed by atoms with Crippen molar-refractivity contribution in [3.63, 3.8) is 0 Å². The summed E-state index contributed by atoms with van der Waals surface area (Å²) in [7, 11) is 0. The van der Waals surface area contributed by atoms with E-state index in [1.807, 2.05) is 0 Å². The second-order valence-corrected chi connectivity index (χ2v) is 11.5. The molecule has 0 aromatic rings. The van der Waals surface area contributed by atoms with Crippen LogP contribution in [0.4, 0.5) is 0 Å². The Hall–Kier alpha value is -0.650. The van der Waals surface area contributed by atoms with Gasteiger partial charge in [0.2, 0.25) is 0 Å². The van der Waals surface area contributed by atoms with Crippen LogP contribution in [0.5, 0.6) is 0 Å². The Balaban J connectivity index is 1.62. The minimum Gasteiger partial charge on any atom is -0.481 e. The Labute approximate surface area is 174 Å². The Bertz CT molecular complexity index is 651. The summed E-state index contributed by atoms with van der Waals surface area (Å²) in [6, 6.07) is 0. The third-order valence-electron chi connectivity index (χ3n) is 10.4. The highest BCUT2D eigenvalue weighted by molar-refractivity contribution is 5.66. The molecule has 4 N–H and O–H groups in total. The lowest BCUT2D eigenvalue weighted by Gasteiger charge is -2.65. The quantitative estimate of drug-likeness (QED) is 0.570. The summed E-state index contributed by atoms with van der Waals surface area (Å²) >= 11 is 0. The largest absolute Gasteiger partial charge is 0.481 e. The molecule has 0 spiro atoms. The van der Waals surface area contributed by atoms with Crippen LogP contribution < -0.4 is 0 Å². The molecule has 0 aliphatic heterocycles. The van der Waals surface area contributed by atoms with E-state index < -0.39 is 17.7 Å². The second-order valence-electron chi connectivity index (χ2n) is 11.5. The van der Waals surface area contributed by atoms with E-state index in [0.717, 1.165) is 38.5 Å². The highest BCUT2D eigenvalue weighted by Gasteiger charge is 2.69. The van der Waals surface area contributed by atoms with Crippen molar-refractivity contribution in [3.05, 3.63) is 0 Å². The van der Waals surface area contributed by atoms with Crippen LogP contribution in [0, 0.1) is 40.4 Å². The molecule has 10 atom stereocenters. The standard InChI is InChI=1S/C24H40O5/c1-14(4-5-20(27)28)17-8-11-24(29)21-18(7-10-23(17,24)3)22(2)9-6-16(25)12-15(22)13-19(21)26/h14-19,21,25-26,29H,4-13H2,1-3H3,(H,27,28)/t14-,15+,16-,17-,18+,19-,21+,22+,23-,24-/m1/s1. The number of carbonyl (C=O) groups is 1. The van der Waals surface area contributed by atoms with Gasteiger partial charge in [-0.25, -0.2) is 0 Å². The topological polar surface area (TPSA) is 98.0 Å². The van der Waals surface area contributed by atoms with Crippen LogP contribution in [0.15, 0.2) is 0 Å². The predicted molar refractivity (Wildman–Crippen MR) is 110 cm³/mol. The maximum absolute atomic E-state index is 12.2. The Morgan fingerprint density at radius 2 is 1.79 bits per heavy atom. The molecular weight excluding hydrogens is 368 g/mol. The van der Waals surface area contributed by atoms with Gasteiger partial charge in [-0.1, -0.05) is 20.8 Å². The zero-order valence-corrected chi connectivity index (χ0v) is 18.3. The molecule has 4 aliphatic carbocycles. The van der Waals surface area contributed by atoms with E-state index in [0.29, 0.717) is 37.0 Å². The van der Waals surface area contributed by atoms with Crippen molar-refractivity contribution in [2.24, 2.45) is 40.4 Å². The van der Waals surface area contributed by atoms with Gasteiger partial charge in [0.15, 0.2) is 0 Å². The van der Waals surface area contributed by atoms with Crippen LogP contribution in [0.2, 0.25) is 0 Å². The summed E-state index contributed by atoms with van der Waals surface area (Å²) in [6.07, 6.45) is 6.96. The predicted octanol–water partition coefficient (Wildman–Crippen LogP) is 3.59.